The highest BCUT2D eigenvalue weighted by atomic mass is 127. The lowest BCUT2D eigenvalue weighted by Gasteiger charge is -2.33. The fraction of sp³-hybridized carbons (Fsp3) is 0.950. The number of nitrogens with one attached hydrogen (secondary N) is 2. The van der Waals surface area contributed by atoms with Gasteiger partial charge in [-0.15, -0.1) is 24.0 Å². The van der Waals surface area contributed by atoms with Crippen LogP contribution in [0.2, 0.25) is 0 Å². The lowest BCUT2D eigenvalue weighted by atomic mass is 10.0. The van der Waals surface area contributed by atoms with Crippen molar-refractivity contribution in [3.63, 3.8) is 0 Å². The number of hydrogen-bond donors (Lipinski definition) is 2. The van der Waals surface area contributed by atoms with Crippen molar-refractivity contribution in [2.24, 2.45) is 4.99 Å². The number of unbranched alkanes of at least 4 members (excludes halogenated alkanes) is 1. The van der Waals surface area contributed by atoms with Crippen LogP contribution in [-0.2, 0) is 9.47 Å². The molecule has 2 heterocycles. The van der Waals surface area contributed by atoms with Crippen LogP contribution < -0.4 is 10.6 Å². The van der Waals surface area contributed by atoms with Crippen molar-refractivity contribution in [3.8, 4) is 0 Å². The molecule has 2 aliphatic rings. The fourth-order valence-electron chi connectivity index (χ4n) is 3.63. The third-order valence-electron chi connectivity index (χ3n) is 5.26. The van der Waals surface area contributed by atoms with E-state index in [0.29, 0.717) is 6.10 Å². The van der Waals surface area contributed by atoms with Crippen molar-refractivity contribution in [1.82, 2.24) is 15.5 Å². The van der Waals surface area contributed by atoms with Crippen molar-refractivity contribution >= 4 is 29.9 Å². The predicted octanol–water partition coefficient (Wildman–Crippen LogP) is 3.01. The van der Waals surface area contributed by atoms with E-state index in [1.807, 2.05) is 0 Å². The van der Waals surface area contributed by atoms with E-state index in [0.717, 1.165) is 64.3 Å². The van der Waals surface area contributed by atoms with Crippen LogP contribution in [-0.4, -0.2) is 75.5 Å². The average Bonchev–Trinajstić information content (AvgIpc) is 3.16. The summed E-state index contributed by atoms with van der Waals surface area (Å²) in [5.74, 6) is 0.933. The van der Waals surface area contributed by atoms with Crippen LogP contribution in [0.25, 0.3) is 0 Å². The minimum atomic E-state index is 0. The van der Waals surface area contributed by atoms with Gasteiger partial charge in [0.15, 0.2) is 5.96 Å². The van der Waals surface area contributed by atoms with Crippen LogP contribution in [0, 0.1) is 0 Å². The van der Waals surface area contributed by atoms with Gasteiger partial charge < -0.3 is 25.0 Å². The number of ether oxygens (including phenoxy) is 2. The average molecular weight is 496 g/mol. The van der Waals surface area contributed by atoms with Crippen LogP contribution in [0.1, 0.15) is 58.8 Å². The molecule has 2 rings (SSSR count). The van der Waals surface area contributed by atoms with Gasteiger partial charge in [0.25, 0.3) is 0 Å². The van der Waals surface area contributed by atoms with Crippen molar-refractivity contribution in [2.75, 3.05) is 52.5 Å². The maximum atomic E-state index is 5.78. The molecular weight excluding hydrogens is 455 g/mol. The van der Waals surface area contributed by atoms with Gasteiger partial charge in [-0.3, -0.25) is 4.99 Å². The normalized spacial score (nSPS) is 23.9. The Hall–Kier alpha value is -0.120. The molecular formula is C20H41IN4O2. The van der Waals surface area contributed by atoms with Gasteiger partial charge in [-0.05, 0) is 65.5 Å². The second kappa shape index (κ2) is 15.8. The first-order valence-electron chi connectivity index (χ1n) is 10.7. The number of piperidine rings is 1. The second-order valence-corrected chi connectivity index (χ2v) is 7.49. The highest BCUT2D eigenvalue weighted by molar-refractivity contribution is 14.0. The smallest absolute Gasteiger partial charge is 0.191 e. The Kier molecular flexibility index (Phi) is 14.5. The Morgan fingerprint density at radius 1 is 1.19 bits per heavy atom. The number of likely N-dealkylation sites (tertiary alicyclic amines) is 1. The van der Waals surface area contributed by atoms with E-state index in [1.54, 1.807) is 0 Å². The topological polar surface area (TPSA) is 58.1 Å². The summed E-state index contributed by atoms with van der Waals surface area (Å²) in [5, 5.41) is 6.79. The summed E-state index contributed by atoms with van der Waals surface area (Å²) in [4.78, 5) is 7.30. The van der Waals surface area contributed by atoms with E-state index < -0.39 is 0 Å². The molecule has 0 amide bonds. The maximum absolute atomic E-state index is 5.78. The van der Waals surface area contributed by atoms with Crippen molar-refractivity contribution in [1.29, 1.82) is 0 Å². The highest BCUT2D eigenvalue weighted by Crippen LogP contribution is 2.16. The molecule has 0 aliphatic carbocycles. The summed E-state index contributed by atoms with van der Waals surface area (Å²) >= 11 is 0. The first-order chi connectivity index (χ1) is 12.8. The largest absolute Gasteiger partial charge is 0.379 e. The molecule has 0 aromatic heterocycles. The maximum Gasteiger partial charge on any atom is 0.191 e. The first kappa shape index (κ1) is 24.9. The van der Waals surface area contributed by atoms with Crippen LogP contribution in [0.15, 0.2) is 4.99 Å². The number of hydrogen-bond acceptors (Lipinski definition) is 4. The van der Waals surface area contributed by atoms with Gasteiger partial charge in [0, 0.05) is 38.9 Å². The second-order valence-electron chi connectivity index (χ2n) is 7.49. The molecule has 0 radical (unpaired) electrons. The zero-order valence-electron chi connectivity index (χ0n) is 17.4. The van der Waals surface area contributed by atoms with Gasteiger partial charge in [0.1, 0.15) is 0 Å². The van der Waals surface area contributed by atoms with Crippen LogP contribution in [0.4, 0.5) is 0 Å². The quantitative estimate of drug-likeness (QED) is 0.199. The Morgan fingerprint density at radius 2 is 2.07 bits per heavy atom. The fourth-order valence-corrected chi connectivity index (χ4v) is 3.63. The lowest BCUT2D eigenvalue weighted by molar-refractivity contribution is 0.0424. The zero-order chi connectivity index (χ0) is 18.5. The minimum absolute atomic E-state index is 0. The summed E-state index contributed by atoms with van der Waals surface area (Å²) in [6.45, 7) is 12.1. The van der Waals surface area contributed by atoms with Crippen molar-refractivity contribution in [3.05, 3.63) is 0 Å². The molecule has 2 N–H and O–H groups in total. The molecule has 2 unspecified atom stereocenters. The summed E-state index contributed by atoms with van der Waals surface area (Å²) < 4.78 is 11.1. The number of rotatable bonds is 11. The third kappa shape index (κ3) is 10.9. The molecule has 2 atom stereocenters. The number of guanidine groups is 1. The van der Waals surface area contributed by atoms with Gasteiger partial charge in [0.2, 0.25) is 0 Å². The molecule has 0 bridgehead atoms. The Labute approximate surface area is 183 Å². The van der Waals surface area contributed by atoms with E-state index in [-0.39, 0.29) is 24.0 Å². The Morgan fingerprint density at radius 3 is 2.81 bits per heavy atom. The molecule has 0 spiro atoms. The molecule has 2 aliphatic heterocycles. The summed E-state index contributed by atoms with van der Waals surface area (Å²) in [6, 6.07) is 0.772. The Bertz CT molecular complexity index is 392. The van der Waals surface area contributed by atoms with Crippen molar-refractivity contribution in [2.45, 2.75) is 70.9 Å². The Balaban J connectivity index is 0.00000364. The number of nitrogens with zero attached hydrogens (tertiary/aromatic N) is 2. The van der Waals surface area contributed by atoms with E-state index in [4.69, 9.17) is 9.47 Å². The molecule has 0 aromatic rings. The SMILES string of the molecule is CCNC(=NCCCOC1CCOC1)NCCCCN1CCCCC1C.I. The third-order valence-corrected chi connectivity index (χ3v) is 5.26. The number of aliphatic imine (C=N–C) groups is 1. The van der Waals surface area contributed by atoms with E-state index in [1.165, 1.54) is 45.2 Å². The van der Waals surface area contributed by atoms with Crippen molar-refractivity contribution < 1.29 is 9.47 Å². The molecule has 6 nitrogen and oxygen atoms in total. The number of halogens is 1. The van der Waals surface area contributed by atoms with Gasteiger partial charge in [-0.1, -0.05) is 6.42 Å². The molecule has 0 saturated carbocycles. The van der Waals surface area contributed by atoms with E-state index >= 15 is 0 Å². The standard InChI is InChI=1S/C20H40N4O2.HI/c1-3-21-20(23-12-8-15-26-19-10-16-25-17-19)22-11-5-7-14-24-13-6-4-9-18(24)2;/h18-19H,3-17H2,1-2H3,(H2,21,22,23);1H. The molecule has 160 valence electrons. The minimum Gasteiger partial charge on any atom is -0.379 e. The van der Waals surface area contributed by atoms with Gasteiger partial charge in [0.05, 0.1) is 12.7 Å². The molecule has 27 heavy (non-hydrogen) atoms. The van der Waals surface area contributed by atoms with Crippen LogP contribution >= 0.6 is 24.0 Å². The lowest BCUT2D eigenvalue weighted by Crippen LogP contribution is -2.39. The predicted molar refractivity (Wildman–Crippen MR) is 123 cm³/mol. The van der Waals surface area contributed by atoms with Gasteiger partial charge in [-0.25, -0.2) is 0 Å². The van der Waals surface area contributed by atoms with Gasteiger partial charge >= 0.3 is 0 Å². The van der Waals surface area contributed by atoms with E-state index in [9.17, 15) is 0 Å². The monoisotopic (exact) mass is 496 g/mol. The van der Waals surface area contributed by atoms with Crippen LogP contribution in [0.3, 0.4) is 0 Å². The first-order valence-corrected chi connectivity index (χ1v) is 10.7. The van der Waals surface area contributed by atoms with Crippen LogP contribution in [0.5, 0.6) is 0 Å². The van der Waals surface area contributed by atoms with Gasteiger partial charge in [-0.2, -0.15) is 0 Å². The molecule has 2 saturated heterocycles. The summed E-state index contributed by atoms with van der Waals surface area (Å²) in [7, 11) is 0. The highest BCUT2D eigenvalue weighted by Gasteiger charge is 2.17. The molecule has 2 fully saturated rings. The molecule has 7 heteroatoms. The van der Waals surface area contributed by atoms with E-state index in [2.05, 4.69) is 34.4 Å². The zero-order valence-corrected chi connectivity index (χ0v) is 19.7. The summed E-state index contributed by atoms with van der Waals surface area (Å²) in [6.07, 6.45) is 8.88. The summed E-state index contributed by atoms with van der Waals surface area (Å²) in [5.41, 5.74) is 0. The molecule has 0 aromatic carbocycles.